The average Bonchev–Trinajstić information content (AvgIpc) is 2.89. The summed E-state index contributed by atoms with van der Waals surface area (Å²) < 4.78 is 0. The zero-order chi connectivity index (χ0) is 15.4. The second-order valence-corrected chi connectivity index (χ2v) is 6.12. The van der Waals surface area contributed by atoms with Gasteiger partial charge in [-0.3, -0.25) is 4.79 Å². The van der Waals surface area contributed by atoms with Crippen molar-refractivity contribution in [2.24, 2.45) is 11.7 Å². The van der Waals surface area contributed by atoms with Crippen LogP contribution in [0.4, 0.5) is 11.8 Å². The van der Waals surface area contributed by atoms with Crippen LogP contribution in [0.15, 0.2) is 11.4 Å². The van der Waals surface area contributed by atoms with Gasteiger partial charge in [0.25, 0.3) is 0 Å². The maximum atomic E-state index is 11.6. The Balaban J connectivity index is 2.36. The van der Waals surface area contributed by atoms with Gasteiger partial charge in [-0.2, -0.15) is 4.98 Å². The van der Waals surface area contributed by atoms with Crippen LogP contribution in [0.5, 0.6) is 0 Å². The third kappa shape index (κ3) is 3.60. The van der Waals surface area contributed by atoms with Crippen molar-refractivity contribution in [3.63, 3.8) is 0 Å². The quantitative estimate of drug-likeness (QED) is 0.730. The van der Waals surface area contributed by atoms with Crippen molar-refractivity contribution in [2.75, 3.05) is 17.2 Å². The zero-order valence-electron chi connectivity index (χ0n) is 12.5. The summed E-state index contributed by atoms with van der Waals surface area (Å²) in [6.07, 6.45) is 0.991. The fourth-order valence-electron chi connectivity index (χ4n) is 1.99. The molecule has 0 aliphatic heterocycles. The minimum atomic E-state index is -0.456. The van der Waals surface area contributed by atoms with Crippen molar-refractivity contribution in [1.82, 2.24) is 9.97 Å². The molecule has 2 aromatic heterocycles. The average molecular weight is 307 g/mol. The molecule has 2 aromatic rings. The Labute approximate surface area is 128 Å². The summed E-state index contributed by atoms with van der Waals surface area (Å²) in [5.74, 6) is 0.923. The van der Waals surface area contributed by atoms with Crippen LogP contribution >= 0.6 is 11.3 Å². The van der Waals surface area contributed by atoms with Crippen LogP contribution < -0.4 is 16.4 Å². The smallest absolute Gasteiger partial charge is 0.240 e. The Morgan fingerprint density at radius 2 is 2.19 bits per heavy atom. The molecule has 1 amide bonds. The van der Waals surface area contributed by atoms with Crippen molar-refractivity contribution in [3.8, 4) is 0 Å². The van der Waals surface area contributed by atoms with E-state index < -0.39 is 6.04 Å². The minimum Gasteiger partial charge on any atom is -0.368 e. The fraction of sp³-hybridized carbons (Fsp3) is 0.500. The molecule has 4 N–H and O–H groups in total. The first-order chi connectivity index (χ1) is 10.0. The van der Waals surface area contributed by atoms with Gasteiger partial charge in [-0.25, -0.2) is 4.98 Å². The lowest BCUT2D eigenvalue weighted by Gasteiger charge is -2.20. The molecule has 0 fully saturated rings. The van der Waals surface area contributed by atoms with E-state index in [1.165, 1.54) is 0 Å². The molecular weight excluding hydrogens is 286 g/mol. The highest BCUT2D eigenvalue weighted by Gasteiger charge is 2.21. The first-order valence-corrected chi connectivity index (χ1v) is 7.95. The van der Waals surface area contributed by atoms with Crippen LogP contribution in [0.2, 0.25) is 0 Å². The van der Waals surface area contributed by atoms with E-state index in [4.69, 9.17) is 5.73 Å². The molecule has 2 rings (SSSR count). The van der Waals surface area contributed by atoms with Gasteiger partial charge in [-0.1, -0.05) is 20.8 Å². The summed E-state index contributed by atoms with van der Waals surface area (Å²) in [6.45, 7) is 6.78. The van der Waals surface area contributed by atoms with E-state index in [0.717, 1.165) is 23.2 Å². The summed E-state index contributed by atoms with van der Waals surface area (Å²) in [7, 11) is 0. The zero-order valence-corrected chi connectivity index (χ0v) is 13.3. The molecule has 6 nitrogen and oxygen atoms in total. The third-order valence-electron chi connectivity index (χ3n) is 3.12. The molecule has 21 heavy (non-hydrogen) atoms. The van der Waals surface area contributed by atoms with E-state index in [9.17, 15) is 4.79 Å². The lowest BCUT2D eigenvalue weighted by molar-refractivity contribution is -0.119. The number of hydrogen-bond donors (Lipinski definition) is 3. The van der Waals surface area contributed by atoms with E-state index in [2.05, 4.69) is 27.5 Å². The third-order valence-corrected chi connectivity index (χ3v) is 3.93. The Morgan fingerprint density at radius 3 is 2.81 bits per heavy atom. The highest BCUT2D eigenvalue weighted by Crippen LogP contribution is 2.27. The maximum absolute atomic E-state index is 11.6. The van der Waals surface area contributed by atoms with Gasteiger partial charge in [0.2, 0.25) is 11.9 Å². The van der Waals surface area contributed by atoms with Gasteiger partial charge < -0.3 is 16.4 Å². The maximum Gasteiger partial charge on any atom is 0.240 e. The standard InChI is InChI=1S/C14H21N5OS/c1-4-6-16-14-18-12(9-5-7-21-13(9)19-14)17-10(8(2)3)11(15)20/h5,7-8,10H,4,6H2,1-3H3,(H2,15,20)(H2,16,17,18,19). The molecule has 0 aliphatic carbocycles. The molecular formula is C14H21N5OS. The van der Waals surface area contributed by atoms with Gasteiger partial charge in [0.05, 0.1) is 5.39 Å². The number of nitrogens with two attached hydrogens (primary N) is 1. The number of carbonyl (C=O) groups is 1. The molecule has 0 radical (unpaired) electrons. The second kappa shape index (κ2) is 6.71. The first kappa shape index (κ1) is 15.5. The van der Waals surface area contributed by atoms with Gasteiger partial charge in [0, 0.05) is 6.54 Å². The van der Waals surface area contributed by atoms with E-state index in [1.807, 2.05) is 25.3 Å². The first-order valence-electron chi connectivity index (χ1n) is 7.08. The molecule has 7 heteroatoms. The van der Waals surface area contributed by atoms with Crippen LogP contribution in [-0.4, -0.2) is 28.5 Å². The van der Waals surface area contributed by atoms with Gasteiger partial charge >= 0.3 is 0 Å². The van der Waals surface area contributed by atoms with Gasteiger partial charge in [0.1, 0.15) is 16.7 Å². The molecule has 2 heterocycles. The number of primary amides is 1. The highest BCUT2D eigenvalue weighted by molar-refractivity contribution is 7.16. The summed E-state index contributed by atoms with van der Waals surface area (Å²) in [6, 6.07) is 1.49. The molecule has 0 bridgehead atoms. The summed E-state index contributed by atoms with van der Waals surface area (Å²) >= 11 is 1.55. The van der Waals surface area contributed by atoms with Crippen molar-refractivity contribution in [3.05, 3.63) is 11.4 Å². The molecule has 0 saturated carbocycles. The van der Waals surface area contributed by atoms with Crippen LogP contribution in [0.1, 0.15) is 27.2 Å². The van der Waals surface area contributed by atoms with Crippen LogP contribution in [0.25, 0.3) is 10.2 Å². The molecule has 1 unspecified atom stereocenters. The largest absolute Gasteiger partial charge is 0.368 e. The van der Waals surface area contributed by atoms with Gasteiger partial charge in [-0.15, -0.1) is 11.3 Å². The highest BCUT2D eigenvalue weighted by atomic mass is 32.1. The number of nitrogens with one attached hydrogen (secondary N) is 2. The number of fused-ring (bicyclic) bond motifs is 1. The van der Waals surface area contributed by atoms with E-state index in [1.54, 1.807) is 11.3 Å². The summed E-state index contributed by atoms with van der Waals surface area (Å²) in [4.78, 5) is 21.4. The molecule has 0 aromatic carbocycles. The number of aromatic nitrogens is 2. The number of rotatable bonds is 7. The normalized spacial score (nSPS) is 12.6. The number of thiophene rings is 1. The van der Waals surface area contributed by atoms with Crippen LogP contribution in [0.3, 0.4) is 0 Å². The topological polar surface area (TPSA) is 92.9 Å². The number of carbonyl (C=O) groups excluding carboxylic acids is 1. The molecule has 0 spiro atoms. The minimum absolute atomic E-state index is 0.0817. The Morgan fingerprint density at radius 1 is 1.43 bits per heavy atom. The second-order valence-electron chi connectivity index (χ2n) is 5.23. The van der Waals surface area contributed by atoms with Gasteiger partial charge in [-0.05, 0) is 23.8 Å². The SMILES string of the molecule is CCCNc1nc(NC(C(N)=O)C(C)C)c2ccsc2n1. The fourth-order valence-corrected chi connectivity index (χ4v) is 2.76. The summed E-state index contributed by atoms with van der Waals surface area (Å²) in [5, 5.41) is 9.21. The molecule has 0 saturated heterocycles. The lowest BCUT2D eigenvalue weighted by Crippen LogP contribution is -2.39. The number of anilines is 2. The number of hydrogen-bond acceptors (Lipinski definition) is 6. The molecule has 1 atom stereocenters. The van der Waals surface area contributed by atoms with E-state index >= 15 is 0 Å². The number of amides is 1. The van der Waals surface area contributed by atoms with Crippen molar-refractivity contribution in [2.45, 2.75) is 33.2 Å². The van der Waals surface area contributed by atoms with Crippen LogP contribution in [-0.2, 0) is 4.79 Å². The van der Waals surface area contributed by atoms with E-state index in [-0.39, 0.29) is 11.8 Å². The predicted molar refractivity (Wildman–Crippen MR) is 87.6 cm³/mol. The van der Waals surface area contributed by atoms with Crippen molar-refractivity contribution >= 4 is 39.2 Å². The van der Waals surface area contributed by atoms with Crippen molar-refractivity contribution in [1.29, 1.82) is 0 Å². The van der Waals surface area contributed by atoms with Crippen molar-refractivity contribution < 1.29 is 4.79 Å². The number of nitrogens with zero attached hydrogens (tertiary/aromatic N) is 2. The Bertz CT molecular complexity index is 625. The predicted octanol–water partition coefficient (Wildman–Crippen LogP) is 2.43. The van der Waals surface area contributed by atoms with Crippen LogP contribution in [0, 0.1) is 5.92 Å². The lowest BCUT2D eigenvalue weighted by atomic mass is 10.0. The van der Waals surface area contributed by atoms with E-state index in [0.29, 0.717) is 11.8 Å². The summed E-state index contributed by atoms with van der Waals surface area (Å²) in [5.41, 5.74) is 5.47. The monoisotopic (exact) mass is 307 g/mol. The Hall–Kier alpha value is -1.89. The molecule has 114 valence electrons. The molecule has 0 aliphatic rings. The van der Waals surface area contributed by atoms with Gasteiger partial charge in [0.15, 0.2) is 0 Å². The Kier molecular flexibility index (Phi) is 4.95.